The van der Waals surface area contributed by atoms with Gasteiger partial charge < -0.3 is 10.6 Å². The molecule has 2 amide bonds. The third-order valence-electron chi connectivity index (χ3n) is 3.99. The largest absolute Gasteiger partial charge is 0.350 e. The lowest BCUT2D eigenvalue weighted by Crippen LogP contribution is -2.44. The summed E-state index contributed by atoms with van der Waals surface area (Å²) in [6.07, 6.45) is 0.397. The molecule has 2 aromatic rings. The van der Waals surface area contributed by atoms with Crippen LogP contribution in [0.15, 0.2) is 47.8 Å². The maximum Gasteiger partial charge on any atom is 0.262 e. The number of carbonyl (C=O) groups is 2. The molecule has 0 bridgehead atoms. The van der Waals surface area contributed by atoms with E-state index >= 15 is 0 Å². The van der Waals surface area contributed by atoms with Gasteiger partial charge in [-0.05, 0) is 23.4 Å². The lowest BCUT2D eigenvalue weighted by molar-refractivity contribution is -0.123. The third-order valence-corrected chi connectivity index (χ3v) is 6.63. The number of amides is 2. The molecule has 2 heterocycles. The Morgan fingerprint density at radius 1 is 1.12 bits per heavy atom. The third kappa shape index (κ3) is 4.46. The number of benzene rings is 1. The summed E-state index contributed by atoms with van der Waals surface area (Å²) in [5, 5.41) is 7.28. The lowest BCUT2D eigenvalue weighted by Gasteiger charge is -2.20. The molecule has 1 aromatic heterocycles. The fourth-order valence-electron chi connectivity index (χ4n) is 2.75. The van der Waals surface area contributed by atoms with Crippen LogP contribution in [0, 0.1) is 0 Å². The van der Waals surface area contributed by atoms with Crippen LogP contribution in [0.3, 0.4) is 0 Å². The van der Waals surface area contributed by atoms with Crippen LogP contribution in [0.2, 0.25) is 0 Å². The van der Waals surface area contributed by atoms with Crippen molar-refractivity contribution in [1.82, 2.24) is 10.6 Å². The van der Waals surface area contributed by atoms with Crippen molar-refractivity contribution in [3.63, 3.8) is 0 Å². The molecule has 0 spiro atoms. The quantitative estimate of drug-likeness (QED) is 0.825. The first-order valence-corrected chi connectivity index (χ1v) is 10.5. The topological polar surface area (TPSA) is 92.3 Å². The molecule has 3 rings (SSSR count). The van der Waals surface area contributed by atoms with Crippen molar-refractivity contribution in [2.24, 2.45) is 0 Å². The van der Waals surface area contributed by atoms with Gasteiger partial charge in [-0.1, -0.05) is 36.4 Å². The van der Waals surface area contributed by atoms with E-state index in [-0.39, 0.29) is 17.4 Å². The molecule has 0 radical (unpaired) electrons. The normalized spacial score (nSPS) is 19.9. The maximum atomic E-state index is 12.7. The van der Waals surface area contributed by atoms with E-state index in [0.717, 1.165) is 0 Å². The van der Waals surface area contributed by atoms with Crippen molar-refractivity contribution in [2.75, 3.05) is 11.5 Å². The summed E-state index contributed by atoms with van der Waals surface area (Å²) < 4.78 is 23.2. The smallest absolute Gasteiger partial charge is 0.262 e. The monoisotopic (exact) mass is 378 g/mol. The fourth-order valence-corrected chi connectivity index (χ4v) is 5.05. The number of nitrogens with one attached hydrogen (secondary N) is 2. The zero-order valence-electron chi connectivity index (χ0n) is 13.3. The molecule has 132 valence electrons. The van der Waals surface area contributed by atoms with Crippen molar-refractivity contribution in [2.45, 2.75) is 18.5 Å². The number of sulfone groups is 1. The Labute approximate surface area is 150 Å². The number of carbonyl (C=O) groups excluding carboxylic acids is 2. The number of rotatable bonds is 5. The minimum absolute atomic E-state index is 0.0564. The second kappa shape index (κ2) is 7.37. The molecule has 1 saturated heterocycles. The molecule has 2 N–H and O–H groups in total. The molecule has 2 atom stereocenters. The average molecular weight is 378 g/mol. The van der Waals surface area contributed by atoms with Crippen LogP contribution < -0.4 is 10.6 Å². The van der Waals surface area contributed by atoms with Gasteiger partial charge in [0.25, 0.3) is 5.91 Å². The zero-order valence-corrected chi connectivity index (χ0v) is 15.0. The zero-order chi connectivity index (χ0) is 17.9. The molecule has 6 nitrogen and oxygen atoms in total. The summed E-state index contributed by atoms with van der Waals surface area (Å²) in [5.41, 5.74) is 0.644. The van der Waals surface area contributed by atoms with E-state index in [1.165, 1.54) is 11.3 Å². The minimum Gasteiger partial charge on any atom is -0.350 e. The Morgan fingerprint density at radius 3 is 2.48 bits per heavy atom. The Hall–Kier alpha value is -2.19. The number of thiophene rings is 1. The minimum atomic E-state index is -3.09. The second-order valence-corrected chi connectivity index (χ2v) is 9.08. The standard InChI is InChI=1S/C17H18N2O4S2/c20-16(14-7-4-9-24-14)19-15(12-5-2-1-3-6-12)17(21)18-13-8-10-25(22,23)11-13/h1-7,9,13,15H,8,10-11H2,(H,18,21)(H,19,20)/t13-,15+/m1/s1. The highest BCUT2D eigenvalue weighted by molar-refractivity contribution is 7.91. The van der Waals surface area contributed by atoms with E-state index in [1.54, 1.807) is 41.8 Å². The van der Waals surface area contributed by atoms with E-state index in [2.05, 4.69) is 10.6 Å². The van der Waals surface area contributed by atoms with Crippen molar-refractivity contribution < 1.29 is 18.0 Å². The first-order valence-electron chi connectivity index (χ1n) is 7.85. The molecule has 0 aliphatic carbocycles. The predicted octanol–water partition coefficient (Wildman–Crippen LogP) is 1.52. The van der Waals surface area contributed by atoms with E-state index in [1.807, 2.05) is 6.07 Å². The highest BCUT2D eigenvalue weighted by Crippen LogP contribution is 2.18. The Bertz CT molecular complexity index is 848. The molecular formula is C17H18N2O4S2. The van der Waals surface area contributed by atoms with Gasteiger partial charge >= 0.3 is 0 Å². The Morgan fingerprint density at radius 2 is 1.88 bits per heavy atom. The maximum absolute atomic E-state index is 12.7. The highest BCUT2D eigenvalue weighted by Gasteiger charge is 2.32. The SMILES string of the molecule is O=C(N[C@H](C(=O)N[C@@H]1CCS(=O)(=O)C1)c1ccccc1)c1cccs1. The summed E-state index contributed by atoms with van der Waals surface area (Å²) in [6.45, 7) is 0. The molecule has 1 fully saturated rings. The van der Waals surface area contributed by atoms with Crippen LogP contribution in [0.4, 0.5) is 0 Å². The first-order chi connectivity index (χ1) is 11.9. The second-order valence-electron chi connectivity index (χ2n) is 5.90. The van der Waals surface area contributed by atoms with Gasteiger partial charge in [0.1, 0.15) is 6.04 Å². The van der Waals surface area contributed by atoms with Gasteiger partial charge in [0.05, 0.1) is 16.4 Å². The molecule has 25 heavy (non-hydrogen) atoms. The van der Waals surface area contributed by atoms with Crippen LogP contribution in [0.5, 0.6) is 0 Å². The summed E-state index contributed by atoms with van der Waals surface area (Å²) in [7, 11) is -3.09. The van der Waals surface area contributed by atoms with E-state index in [0.29, 0.717) is 16.9 Å². The molecule has 0 saturated carbocycles. The number of hydrogen-bond donors (Lipinski definition) is 2. The van der Waals surface area contributed by atoms with Gasteiger partial charge in [-0.3, -0.25) is 9.59 Å². The van der Waals surface area contributed by atoms with Gasteiger partial charge in [-0.15, -0.1) is 11.3 Å². The lowest BCUT2D eigenvalue weighted by atomic mass is 10.1. The van der Waals surface area contributed by atoms with Crippen molar-refractivity contribution in [1.29, 1.82) is 0 Å². The van der Waals surface area contributed by atoms with E-state index in [9.17, 15) is 18.0 Å². The predicted molar refractivity (Wildman–Crippen MR) is 96.2 cm³/mol. The molecule has 1 aromatic carbocycles. The highest BCUT2D eigenvalue weighted by atomic mass is 32.2. The molecule has 0 unspecified atom stereocenters. The van der Waals surface area contributed by atoms with Gasteiger partial charge in [-0.25, -0.2) is 8.42 Å². The van der Waals surface area contributed by atoms with Crippen LogP contribution in [0.1, 0.15) is 27.7 Å². The van der Waals surface area contributed by atoms with Gasteiger partial charge in [0.2, 0.25) is 5.91 Å². The molecular weight excluding hydrogens is 360 g/mol. The Balaban J connectivity index is 1.76. The van der Waals surface area contributed by atoms with E-state index < -0.39 is 27.8 Å². The summed E-state index contributed by atoms with van der Waals surface area (Å²) in [5.74, 6) is -0.717. The van der Waals surface area contributed by atoms with Crippen LogP contribution in [0.25, 0.3) is 0 Å². The molecule has 1 aliphatic rings. The van der Waals surface area contributed by atoms with Crippen LogP contribution in [-0.2, 0) is 14.6 Å². The van der Waals surface area contributed by atoms with Crippen molar-refractivity contribution in [3.05, 3.63) is 58.3 Å². The van der Waals surface area contributed by atoms with Crippen molar-refractivity contribution in [3.8, 4) is 0 Å². The fraction of sp³-hybridized carbons (Fsp3) is 0.294. The molecule has 1 aliphatic heterocycles. The van der Waals surface area contributed by atoms with Crippen LogP contribution in [-0.4, -0.2) is 37.8 Å². The first kappa shape index (κ1) is 17.6. The average Bonchev–Trinajstić information content (AvgIpc) is 3.23. The molecule has 8 heteroatoms. The summed E-state index contributed by atoms with van der Waals surface area (Å²) >= 11 is 1.29. The van der Waals surface area contributed by atoms with Gasteiger partial charge in [0.15, 0.2) is 9.84 Å². The van der Waals surface area contributed by atoms with E-state index in [4.69, 9.17) is 0 Å². The number of hydrogen-bond acceptors (Lipinski definition) is 5. The van der Waals surface area contributed by atoms with Crippen molar-refractivity contribution >= 4 is 33.0 Å². The van der Waals surface area contributed by atoms with Crippen LogP contribution >= 0.6 is 11.3 Å². The summed E-state index contributed by atoms with van der Waals surface area (Å²) in [4.78, 5) is 25.6. The Kier molecular flexibility index (Phi) is 5.19. The van der Waals surface area contributed by atoms with Gasteiger partial charge in [-0.2, -0.15) is 0 Å². The summed E-state index contributed by atoms with van der Waals surface area (Å²) in [6, 6.07) is 11.1. The van der Waals surface area contributed by atoms with Gasteiger partial charge in [0, 0.05) is 6.04 Å².